The van der Waals surface area contributed by atoms with Gasteiger partial charge in [-0.2, -0.15) is 0 Å². The fourth-order valence-electron chi connectivity index (χ4n) is 2.83. The number of amides is 1. The molecule has 0 bridgehead atoms. The van der Waals surface area contributed by atoms with Crippen molar-refractivity contribution in [1.82, 2.24) is 4.90 Å². The van der Waals surface area contributed by atoms with Crippen molar-refractivity contribution in [2.45, 2.75) is 18.3 Å². The van der Waals surface area contributed by atoms with Gasteiger partial charge in [-0.05, 0) is 48.9 Å². The molecule has 2 aromatic rings. The molecule has 1 aliphatic rings. The molecule has 1 saturated heterocycles. The molecule has 2 unspecified atom stereocenters. The number of carbonyl (C=O) groups is 2. The van der Waals surface area contributed by atoms with Crippen LogP contribution >= 0.6 is 23.4 Å². The van der Waals surface area contributed by atoms with Gasteiger partial charge in [0.25, 0.3) is 5.91 Å². The van der Waals surface area contributed by atoms with Crippen LogP contribution in [-0.4, -0.2) is 35.2 Å². The van der Waals surface area contributed by atoms with Gasteiger partial charge in [-0.3, -0.25) is 4.79 Å². The van der Waals surface area contributed by atoms with Crippen LogP contribution < -0.4 is 0 Å². The van der Waals surface area contributed by atoms with E-state index in [0.717, 1.165) is 5.56 Å². The van der Waals surface area contributed by atoms with Crippen LogP contribution in [0.1, 0.15) is 28.2 Å². The minimum atomic E-state index is -0.707. The molecule has 4 nitrogen and oxygen atoms in total. The summed E-state index contributed by atoms with van der Waals surface area (Å²) in [5.41, 5.74) is 1.14. The lowest BCUT2D eigenvalue weighted by atomic mass is 10.1. The maximum atomic E-state index is 13.2. The Bertz CT molecular complexity index is 815. The molecular formula is C19H17ClFNO3S. The van der Waals surface area contributed by atoms with Gasteiger partial charge in [0.05, 0.1) is 6.61 Å². The van der Waals surface area contributed by atoms with Gasteiger partial charge in [-0.1, -0.05) is 23.7 Å². The molecule has 2 aromatic carbocycles. The molecule has 2 atom stereocenters. The van der Waals surface area contributed by atoms with Crippen LogP contribution in [0.3, 0.4) is 0 Å². The maximum absolute atomic E-state index is 13.2. The van der Waals surface area contributed by atoms with Crippen molar-refractivity contribution in [2.24, 2.45) is 0 Å². The minimum Gasteiger partial charge on any atom is -0.464 e. The van der Waals surface area contributed by atoms with Gasteiger partial charge < -0.3 is 9.64 Å². The largest absolute Gasteiger partial charge is 0.464 e. The monoisotopic (exact) mass is 393 g/mol. The van der Waals surface area contributed by atoms with Crippen molar-refractivity contribution < 1.29 is 18.7 Å². The molecule has 3 rings (SSSR count). The zero-order chi connectivity index (χ0) is 18.7. The fraction of sp³-hybridized carbons (Fsp3) is 0.263. The SMILES string of the molecule is CCOC(=O)C1CSC(c2cccc(Cl)c2)N1C(=O)c1ccc(F)cc1. The Kier molecular flexibility index (Phi) is 5.84. The Hall–Kier alpha value is -2.05. The standard InChI is InChI=1S/C19H17ClFNO3S/c1-2-25-19(24)16-11-26-18(13-4-3-5-14(20)10-13)22(16)17(23)12-6-8-15(21)9-7-12/h3-10,16,18H,2,11H2,1H3. The number of thioether (sulfide) groups is 1. The van der Waals surface area contributed by atoms with E-state index in [1.807, 2.05) is 6.07 Å². The number of ether oxygens (including phenoxy) is 1. The zero-order valence-corrected chi connectivity index (χ0v) is 15.6. The third-order valence-corrected chi connectivity index (χ3v) is 5.58. The summed E-state index contributed by atoms with van der Waals surface area (Å²) in [7, 11) is 0. The zero-order valence-electron chi connectivity index (χ0n) is 14.0. The molecule has 1 aliphatic heterocycles. The summed E-state index contributed by atoms with van der Waals surface area (Å²) < 4.78 is 18.3. The Morgan fingerprint density at radius 3 is 2.65 bits per heavy atom. The smallest absolute Gasteiger partial charge is 0.329 e. The first-order valence-electron chi connectivity index (χ1n) is 8.13. The third-order valence-electron chi connectivity index (χ3n) is 4.02. The molecule has 0 radical (unpaired) electrons. The highest BCUT2D eigenvalue weighted by atomic mass is 35.5. The molecule has 1 fully saturated rings. The molecule has 0 spiro atoms. The summed E-state index contributed by atoms with van der Waals surface area (Å²) in [5, 5.41) is 0.178. The van der Waals surface area contributed by atoms with E-state index >= 15 is 0 Å². The fourth-order valence-corrected chi connectivity index (χ4v) is 4.44. The number of halogens is 2. The summed E-state index contributed by atoms with van der Waals surface area (Å²) >= 11 is 7.56. The lowest BCUT2D eigenvalue weighted by molar-refractivity contribution is -0.147. The van der Waals surface area contributed by atoms with E-state index in [9.17, 15) is 14.0 Å². The Labute approximate surface area is 160 Å². The summed E-state index contributed by atoms with van der Waals surface area (Å²) in [4.78, 5) is 27.0. The molecule has 136 valence electrons. The van der Waals surface area contributed by atoms with Crippen LogP contribution in [0.5, 0.6) is 0 Å². The molecule has 0 aliphatic carbocycles. The van der Waals surface area contributed by atoms with Crippen LogP contribution in [-0.2, 0) is 9.53 Å². The van der Waals surface area contributed by atoms with Gasteiger partial charge in [-0.15, -0.1) is 11.8 Å². The number of carbonyl (C=O) groups excluding carboxylic acids is 2. The molecule has 7 heteroatoms. The van der Waals surface area contributed by atoms with Crippen LogP contribution in [0.2, 0.25) is 5.02 Å². The second-order valence-corrected chi connectivity index (χ2v) is 7.28. The quantitative estimate of drug-likeness (QED) is 0.726. The van der Waals surface area contributed by atoms with E-state index in [0.29, 0.717) is 16.3 Å². The van der Waals surface area contributed by atoms with E-state index in [2.05, 4.69) is 0 Å². The van der Waals surface area contributed by atoms with Crippen LogP contribution in [0.4, 0.5) is 4.39 Å². The first kappa shape index (κ1) is 18.7. The van der Waals surface area contributed by atoms with Gasteiger partial charge in [-0.25, -0.2) is 9.18 Å². The average molecular weight is 394 g/mol. The maximum Gasteiger partial charge on any atom is 0.329 e. The van der Waals surface area contributed by atoms with Crippen molar-refractivity contribution in [3.63, 3.8) is 0 Å². The van der Waals surface area contributed by atoms with Crippen LogP contribution in [0, 0.1) is 5.82 Å². The Balaban J connectivity index is 1.97. The van der Waals surface area contributed by atoms with Gasteiger partial charge >= 0.3 is 5.97 Å². The Morgan fingerprint density at radius 2 is 2.00 bits per heavy atom. The lowest BCUT2D eigenvalue weighted by Gasteiger charge is -2.28. The number of esters is 1. The molecule has 0 saturated carbocycles. The normalized spacial score (nSPS) is 19.4. The number of benzene rings is 2. The van der Waals surface area contributed by atoms with Gasteiger partial charge in [0, 0.05) is 16.3 Å². The molecule has 0 aromatic heterocycles. The number of rotatable bonds is 4. The van der Waals surface area contributed by atoms with E-state index in [1.54, 1.807) is 25.1 Å². The number of nitrogens with zero attached hydrogens (tertiary/aromatic N) is 1. The highest BCUT2D eigenvalue weighted by Crippen LogP contribution is 2.43. The van der Waals surface area contributed by atoms with Crippen molar-refractivity contribution in [3.8, 4) is 0 Å². The van der Waals surface area contributed by atoms with E-state index in [4.69, 9.17) is 16.3 Å². The third kappa shape index (κ3) is 3.86. The predicted molar refractivity (Wildman–Crippen MR) is 99.6 cm³/mol. The van der Waals surface area contributed by atoms with Gasteiger partial charge in [0.1, 0.15) is 17.2 Å². The van der Waals surface area contributed by atoms with Gasteiger partial charge in [0.15, 0.2) is 0 Å². The second-order valence-electron chi connectivity index (χ2n) is 5.73. The predicted octanol–water partition coefficient (Wildman–Crippen LogP) is 4.30. The lowest BCUT2D eigenvalue weighted by Crippen LogP contribution is -2.43. The second kappa shape index (κ2) is 8.10. The molecule has 0 N–H and O–H groups in total. The van der Waals surface area contributed by atoms with E-state index in [-0.39, 0.29) is 17.9 Å². The van der Waals surface area contributed by atoms with Crippen molar-refractivity contribution >= 4 is 35.2 Å². The highest BCUT2D eigenvalue weighted by molar-refractivity contribution is 7.99. The summed E-state index contributed by atoms with van der Waals surface area (Å²) in [5.74, 6) is -0.799. The van der Waals surface area contributed by atoms with E-state index in [1.165, 1.54) is 40.9 Å². The summed E-state index contributed by atoms with van der Waals surface area (Å²) in [6.07, 6.45) is 0. The number of hydrogen-bond acceptors (Lipinski definition) is 4. The summed E-state index contributed by atoms with van der Waals surface area (Å²) in [6.45, 7) is 1.96. The first-order valence-corrected chi connectivity index (χ1v) is 9.56. The number of hydrogen-bond donors (Lipinski definition) is 0. The molecular weight excluding hydrogens is 377 g/mol. The first-order chi connectivity index (χ1) is 12.5. The van der Waals surface area contributed by atoms with Gasteiger partial charge in [0.2, 0.25) is 0 Å². The molecule has 1 amide bonds. The summed E-state index contributed by atoms with van der Waals surface area (Å²) in [6, 6.07) is 11.8. The molecule has 26 heavy (non-hydrogen) atoms. The average Bonchev–Trinajstić information content (AvgIpc) is 3.07. The van der Waals surface area contributed by atoms with Crippen molar-refractivity contribution in [3.05, 3.63) is 70.5 Å². The van der Waals surface area contributed by atoms with E-state index < -0.39 is 17.8 Å². The van der Waals surface area contributed by atoms with Crippen molar-refractivity contribution in [1.29, 1.82) is 0 Å². The molecule has 1 heterocycles. The topological polar surface area (TPSA) is 46.6 Å². The Morgan fingerprint density at radius 1 is 1.27 bits per heavy atom. The minimum absolute atomic E-state index is 0.237. The van der Waals surface area contributed by atoms with Crippen LogP contribution in [0.25, 0.3) is 0 Å². The van der Waals surface area contributed by atoms with Crippen molar-refractivity contribution in [2.75, 3.05) is 12.4 Å². The highest BCUT2D eigenvalue weighted by Gasteiger charge is 2.43. The van der Waals surface area contributed by atoms with Crippen LogP contribution in [0.15, 0.2) is 48.5 Å².